The molecule has 2 aromatic rings. The van der Waals surface area contributed by atoms with Gasteiger partial charge in [-0.3, -0.25) is 0 Å². The minimum atomic E-state index is -0.292. The van der Waals surface area contributed by atoms with Crippen molar-refractivity contribution in [3.8, 4) is 5.75 Å². The Kier molecular flexibility index (Phi) is 3.68. The molecule has 2 aromatic carbocycles. The fourth-order valence-corrected chi connectivity index (χ4v) is 3.08. The Balaban J connectivity index is 1.83. The van der Waals surface area contributed by atoms with E-state index >= 15 is 0 Å². The highest BCUT2D eigenvalue weighted by Crippen LogP contribution is 2.51. The minimum Gasteiger partial charge on any atom is -0.494 e. The molecular formula is C18H20FNO. The zero-order chi connectivity index (χ0) is 14.9. The summed E-state index contributed by atoms with van der Waals surface area (Å²) in [4.78, 5) is 0. The topological polar surface area (TPSA) is 35.2 Å². The summed E-state index contributed by atoms with van der Waals surface area (Å²) in [5, 5.41) is 0. The van der Waals surface area contributed by atoms with Gasteiger partial charge in [0.2, 0.25) is 0 Å². The van der Waals surface area contributed by atoms with Crippen molar-refractivity contribution >= 4 is 0 Å². The second-order valence-electron chi connectivity index (χ2n) is 5.77. The Labute approximate surface area is 124 Å². The van der Waals surface area contributed by atoms with Crippen LogP contribution in [0.3, 0.4) is 0 Å². The second-order valence-corrected chi connectivity index (χ2v) is 5.77. The average Bonchev–Trinajstić information content (AvgIpc) is 3.32. The van der Waals surface area contributed by atoms with E-state index < -0.39 is 0 Å². The summed E-state index contributed by atoms with van der Waals surface area (Å²) in [5.41, 5.74) is 8.34. The van der Waals surface area contributed by atoms with Crippen LogP contribution in [0, 0.1) is 5.82 Å². The summed E-state index contributed by atoms with van der Waals surface area (Å²) in [6, 6.07) is 15.5. The van der Waals surface area contributed by atoms with Crippen molar-refractivity contribution in [1.29, 1.82) is 0 Å². The number of nitrogens with two attached hydrogens (primary N) is 1. The Morgan fingerprint density at radius 3 is 2.48 bits per heavy atom. The normalized spacial score (nSPS) is 17.3. The van der Waals surface area contributed by atoms with Gasteiger partial charge in [0.25, 0.3) is 0 Å². The first-order chi connectivity index (χ1) is 10.2. The number of hydrogen-bond donors (Lipinski definition) is 1. The first-order valence-electron chi connectivity index (χ1n) is 7.30. The Morgan fingerprint density at radius 1 is 1.14 bits per heavy atom. The van der Waals surface area contributed by atoms with Gasteiger partial charge in [-0.1, -0.05) is 42.5 Å². The summed E-state index contributed by atoms with van der Waals surface area (Å²) in [6.45, 7) is 0. The quantitative estimate of drug-likeness (QED) is 0.913. The van der Waals surface area contributed by atoms with Crippen molar-refractivity contribution in [2.24, 2.45) is 5.73 Å². The molecule has 1 atom stereocenters. The molecule has 1 aliphatic rings. The minimum absolute atomic E-state index is 0.0107. The number of hydrogen-bond acceptors (Lipinski definition) is 2. The molecule has 0 spiro atoms. The first-order valence-corrected chi connectivity index (χ1v) is 7.30. The molecule has 2 nitrogen and oxygen atoms in total. The molecule has 1 unspecified atom stereocenters. The average molecular weight is 285 g/mol. The Hall–Kier alpha value is -1.87. The van der Waals surface area contributed by atoms with Crippen molar-refractivity contribution in [3.05, 3.63) is 65.5 Å². The fraction of sp³-hybridized carbons (Fsp3) is 0.333. The van der Waals surface area contributed by atoms with E-state index in [0.717, 1.165) is 12.8 Å². The predicted molar refractivity (Wildman–Crippen MR) is 82.0 cm³/mol. The number of benzene rings is 2. The SMILES string of the molecule is COc1cccc(CC(N)C2(c3ccccc3)CC2)c1F. The lowest BCUT2D eigenvalue weighted by atomic mass is 9.85. The molecule has 0 aromatic heterocycles. The van der Waals surface area contributed by atoms with Crippen LogP contribution < -0.4 is 10.5 Å². The van der Waals surface area contributed by atoms with E-state index in [-0.39, 0.29) is 23.0 Å². The monoisotopic (exact) mass is 285 g/mol. The molecule has 1 fully saturated rings. The highest BCUT2D eigenvalue weighted by molar-refractivity contribution is 5.37. The molecule has 110 valence electrons. The highest BCUT2D eigenvalue weighted by atomic mass is 19.1. The summed E-state index contributed by atoms with van der Waals surface area (Å²) < 4.78 is 19.3. The van der Waals surface area contributed by atoms with Crippen molar-refractivity contribution in [2.75, 3.05) is 7.11 Å². The first kappa shape index (κ1) is 14.1. The van der Waals surface area contributed by atoms with Crippen LogP contribution in [0.5, 0.6) is 5.75 Å². The lowest BCUT2D eigenvalue weighted by Gasteiger charge is -2.24. The Bertz CT molecular complexity index is 622. The molecule has 3 heteroatoms. The number of ether oxygens (including phenoxy) is 1. The third-order valence-corrected chi connectivity index (χ3v) is 4.55. The maximum absolute atomic E-state index is 14.3. The molecule has 21 heavy (non-hydrogen) atoms. The molecule has 0 bridgehead atoms. The van der Waals surface area contributed by atoms with Crippen LogP contribution in [0.2, 0.25) is 0 Å². The molecule has 1 aliphatic carbocycles. The molecule has 0 amide bonds. The van der Waals surface area contributed by atoms with Crippen LogP contribution in [-0.4, -0.2) is 13.2 Å². The van der Waals surface area contributed by atoms with Gasteiger partial charge in [-0.15, -0.1) is 0 Å². The number of halogens is 1. The number of methoxy groups -OCH3 is 1. The lowest BCUT2D eigenvalue weighted by molar-refractivity contribution is 0.382. The van der Waals surface area contributed by atoms with Crippen LogP contribution in [-0.2, 0) is 11.8 Å². The molecule has 2 N–H and O–H groups in total. The standard InChI is InChI=1S/C18H20FNO/c1-21-15-9-5-6-13(17(15)19)12-16(20)18(10-11-18)14-7-3-2-4-8-14/h2-9,16H,10-12,20H2,1H3. The zero-order valence-electron chi connectivity index (χ0n) is 12.2. The summed E-state index contributed by atoms with van der Waals surface area (Å²) >= 11 is 0. The van der Waals surface area contributed by atoms with Crippen LogP contribution in [0.4, 0.5) is 4.39 Å². The molecule has 0 heterocycles. The fourth-order valence-electron chi connectivity index (χ4n) is 3.08. The van der Waals surface area contributed by atoms with Crippen molar-refractivity contribution in [3.63, 3.8) is 0 Å². The largest absolute Gasteiger partial charge is 0.494 e. The summed E-state index contributed by atoms with van der Waals surface area (Å²) in [7, 11) is 1.48. The van der Waals surface area contributed by atoms with Gasteiger partial charge in [-0.25, -0.2) is 4.39 Å². The molecule has 1 saturated carbocycles. The third-order valence-electron chi connectivity index (χ3n) is 4.55. The van der Waals surface area contributed by atoms with E-state index in [1.807, 2.05) is 24.3 Å². The smallest absolute Gasteiger partial charge is 0.168 e. The Morgan fingerprint density at radius 2 is 1.86 bits per heavy atom. The van der Waals surface area contributed by atoms with E-state index in [0.29, 0.717) is 12.0 Å². The van der Waals surface area contributed by atoms with Crippen molar-refractivity contribution in [2.45, 2.75) is 30.7 Å². The van der Waals surface area contributed by atoms with Crippen LogP contribution in [0.1, 0.15) is 24.0 Å². The van der Waals surface area contributed by atoms with Gasteiger partial charge in [0.15, 0.2) is 11.6 Å². The molecule has 0 saturated heterocycles. The third kappa shape index (κ3) is 2.54. The molecule has 3 rings (SSSR count). The molecule has 0 radical (unpaired) electrons. The van der Waals surface area contributed by atoms with Gasteiger partial charge in [0.05, 0.1) is 7.11 Å². The zero-order valence-corrected chi connectivity index (χ0v) is 12.2. The summed E-state index contributed by atoms with van der Waals surface area (Å²) in [6.07, 6.45) is 2.67. The van der Waals surface area contributed by atoms with Crippen LogP contribution >= 0.6 is 0 Å². The van der Waals surface area contributed by atoms with E-state index in [1.165, 1.54) is 12.7 Å². The number of rotatable bonds is 5. The van der Waals surface area contributed by atoms with E-state index in [2.05, 4.69) is 12.1 Å². The van der Waals surface area contributed by atoms with Gasteiger partial charge < -0.3 is 10.5 Å². The van der Waals surface area contributed by atoms with Gasteiger partial charge in [-0.05, 0) is 36.5 Å². The van der Waals surface area contributed by atoms with Crippen LogP contribution in [0.15, 0.2) is 48.5 Å². The van der Waals surface area contributed by atoms with E-state index in [4.69, 9.17) is 10.5 Å². The van der Waals surface area contributed by atoms with Gasteiger partial charge in [0.1, 0.15) is 0 Å². The predicted octanol–water partition coefficient (Wildman–Crippen LogP) is 3.44. The molecular weight excluding hydrogens is 265 g/mol. The maximum atomic E-state index is 14.3. The van der Waals surface area contributed by atoms with E-state index in [9.17, 15) is 4.39 Å². The second kappa shape index (κ2) is 5.49. The van der Waals surface area contributed by atoms with Crippen molar-refractivity contribution in [1.82, 2.24) is 0 Å². The maximum Gasteiger partial charge on any atom is 0.168 e. The lowest BCUT2D eigenvalue weighted by Crippen LogP contribution is -2.37. The van der Waals surface area contributed by atoms with Gasteiger partial charge in [-0.2, -0.15) is 0 Å². The van der Waals surface area contributed by atoms with Crippen molar-refractivity contribution < 1.29 is 9.13 Å². The van der Waals surface area contributed by atoms with Gasteiger partial charge >= 0.3 is 0 Å². The van der Waals surface area contributed by atoms with E-state index in [1.54, 1.807) is 12.1 Å². The van der Waals surface area contributed by atoms with Gasteiger partial charge in [0, 0.05) is 11.5 Å². The summed E-state index contributed by atoms with van der Waals surface area (Å²) in [5.74, 6) is -0.0106. The molecule has 0 aliphatic heterocycles. The van der Waals surface area contributed by atoms with Crippen LogP contribution in [0.25, 0.3) is 0 Å². The highest BCUT2D eigenvalue weighted by Gasteiger charge is 2.49.